The second-order valence-corrected chi connectivity index (χ2v) is 6.63. The van der Waals surface area contributed by atoms with Crippen LogP contribution in [0.1, 0.15) is 97.8 Å². The third-order valence-corrected chi connectivity index (χ3v) is 4.59. The van der Waals surface area contributed by atoms with E-state index in [0.717, 1.165) is 0 Å². The number of rotatable bonds is 14. The molecule has 0 radical (unpaired) electrons. The summed E-state index contributed by atoms with van der Waals surface area (Å²) >= 11 is 0. The minimum absolute atomic E-state index is 0.523. The summed E-state index contributed by atoms with van der Waals surface area (Å²) in [6.07, 6.45) is 17.1. The molecule has 0 spiro atoms. The van der Waals surface area contributed by atoms with Crippen LogP contribution in [0, 0.1) is 5.41 Å². The first kappa shape index (κ1) is 19.0. The zero-order valence-electron chi connectivity index (χ0n) is 14.2. The van der Waals surface area contributed by atoms with Crippen molar-refractivity contribution < 1.29 is 0 Å². The van der Waals surface area contributed by atoms with Crippen molar-refractivity contribution in [2.24, 2.45) is 5.41 Å². The topological polar surface area (TPSA) is 12.0 Å². The summed E-state index contributed by atoms with van der Waals surface area (Å²) in [5, 5.41) is 3.34. The van der Waals surface area contributed by atoms with Gasteiger partial charge in [0.2, 0.25) is 0 Å². The van der Waals surface area contributed by atoms with Crippen LogP contribution >= 0.6 is 0 Å². The Balaban J connectivity index is 3.30. The van der Waals surface area contributed by atoms with Crippen LogP contribution < -0.4 is 5.32 Å². The van der Waals surface area contributed by atoms with E-state index in [9.17, 15) is 0 Å². The van der Waals surface area contributed by atoms with Crippen molar-refractivity contribution in [3.8, 4) is 0 Å². The molecule has 0 saturated heterocycles. The molecule has 1 unspecified atom stereocenters. The lowest BCUT2D eigenvalue weighted by molar-refractivity contribution is 0.265. The van der Waals surface area contributed by atoms with Gasteiger partial charge in [-0.3, -0.25) is 0 Å². The number of hydrogen-bond acceptors (Lipinski definition) is 1. The van der Waals surface area contributed by atoms with E-state index in [0.29, 0.717) is 5.41 Å². The molecule has 1 atom stereocenters. The number of hydrogen-bond donors (Lipinski definition) is 1. The predicted molar refractivity (Wildman–Crippen MR) is 88.8 cm³/mol. The molecule has 1 N–H and O–H groups in total. The molecule has 0 aliphatic carbocycles. The molecule has 0 aromatic carbocycles. The molecule has 1 heteroatoms. The average molecular weight is 270 g/mol. The fourth-order valence-corrected chi connectivity index (χ4v) is 2.86. The Kier molecular flexibility index (Phi) is 12.9. The molecule has 0 fully saturated rings. The van der Waals surface area contributed by atoms with Crippen LogP contribution in [0.15, 0.2) is 0 Å². The summed E-state index contributed by atoms with van der Waals surface area (Å²) in [4.78, 5) is 0. The SMILES string of the molecule is CCCCCCCCCCCCC(C)(CC)CNC. The van der Waals surface area contributed by atoms with Crippen LogP contribution in [0.25, 0.3) is 0 Å². The molecule has 0 heterocycles. The van der Waals surface area contributed by atoms with Crippen molar-refractivity contribution >= 4 is 0 Å². The van der Waals surface area contributed by atoms with E-state index in [2.05, 4.69) is 33.1 Å². The van der Waals surface area contributed by atoms with Crippen LogP contribution in [-0.4, -0.2) is 13.6 Å². The highest BCUT2D eigenvalue weighted by atomic mass is 14.8. The highest BCUT2D eigenvalue weighted by Gasteiger charge is 2.19. The molecule has 0 aromatic rings. The molecule has 0 aliphatic rings. The summed E-state index contributed by atoms with van der Waals surface area (Å²) in [7, 11) is 2.08. The smallest absolute Gasteiger partial charge is 0.000205 e. The summed E-state index contributed by atoms with van der Waals surface area (Å²) in [6.45, 7) is 8.21. The van der Waals surface area contributed by atoms with E-state index in [1.807, 2.05) is 0 Å². The Morgan fingerprint density at radius 1 is 0.737 bits per heavy atom. The van der Waals surface area contributed by atoms with Gasteiger partial charge in [0.15, 0.2) is 0 Å². The Hall–Kier alpha value is -0.0400. The van der Waals surface area contributed by atoms with Crippen LogP contribution in [0.3, 0.4) is 0 Å². The molecule has 0 amide bonds. The standard InChI is InChI=1S/C18H39N/c1-5-7-8-9-10-11-12-13-14-15-16-18(3,6-2)17-19-4/h19H,5-17H2,1-4H3. The zero-order chi connectivity index (χ0) is 14.4. The molecule has 0 aliphatic heterocycles. The molecule has 116 valence electrons. The summed E-state index contributed by atoms with van der Waals surface area (Å²) < 4.78 is 0. The first-order chi connectivity index (χ1) is 9.18. The third kappa shape index (κ3) is 11.5. The van der Waals surface area contributed by atoms with Crippen molar-refractivity contribution in [3.63, 3.8) is 0 Å². The van der Waals surface area contributed by atoms with Crippen LogP contribution in [0.4, 0.5) is 0 Å². The van der Waals surface area contributed by atoms with Crippen molar-refractivity contribution in [1.29, 1.82) is 0 Å². The maximum absolute atomic E-state index is 3.34. The van der Waals surface area contributed by atoms with Gasteiger partial charge in [-0.05, 0) is 25.3 Å². The fourth-order valence-electron chi connectivity index (χ4n) is 2.86. The number of nitrogens with one attached hydrogen (secondary N) is 1. The first-order valence-corrected chi connectivity index (χ1v) is 8.83. The average Bonchev–Trinajstić information content (AvgIpc) is 2.41. The van der Waals surface area contributed by atoms with Gasteiger partial charge in [0.25, 0.3) is 0 Å². The van der Waals surface area contributed by atoms with Crippen molar-refractivity contribution in [3.05, 3.63) is 0 Å². The van der Waals surface area contributed by atoms with Gasteiger partial charge in [-0.1, -0.05) is 85.0 Å². The first-order valence-electron chi connectivity index (χ1n) is 8.83. The Morgan fingerprint density at radius 3 is 1.63 bits per heavy atom. The summed E-state index contributed by atoms with van der Waals surface area (Å²) in [6, 6.07) is 0. The monoisotopic (exact) mass is 269 g/mol. The number of unbranched alkanes of at least 4 members (excludes halogenated alkanes) is 9. The van der Waals surface area contributed by atoms with Crippen LogP contribution in [0.5, 0.6) is 0 Å². The highest BCUT2D eigenvalue weighted by molar-refractivity contribution is 4.74. The van der Waals surface area contributed by atoms with E-state index >= 15 is 0 Å². The zero-order valence-corrected chi connectivity index (χ0v) is 14.2. The normalized spacial score (nSPS) is 14.5. The maximum atomic E-state index is 3.34. The second kappa shape index (κ2) is 13.0. The van der Waals surface area contributed by atoms with Gasteiger partial charge in [0, 0.05) is 6.54 Å². The minimum Gasteiger partial charge on any atom is -0.319 e. The second-order valence-electron chi connectivity index (χ2n) is 6.63. The fraction of sp³-hybridized carbons (Fsp3) is 1.00. The quantitative estimate of drug-likeness (QED) is 0.385. The molecule has 0 rings (SSSR count). The highest BCUT2D eigenvalue weighted by Crippen LogP contribution is 2.27. The van der Waals surface area contributed by atoms with Gasteiger partial charge in [0.1, 0.15) is 0 Å². The van der Waals surface area contributed by atoms with Crippen molar-refractivity contribution in [2.75, 3.05) is 13.6 Å². The Labute approximate surface area is 122 Å². The third-order valence-electron chi connectivity index (χ3n) is 4.59. The van der Waals surface area contributed by atoms with E-state index in [-0.39, 0.29) is 0 Å². The lowest BCUT2D eigenvalue weighted by atomic mass is 9.82. The molecular formula is C18H39N. The molecular weight excluding hydrogens is 230 g/mol. The van der Waals surface area contributed by atoms with Crippen molar-refractivity contribution in [1.82, 2.24) is 5.32 Å². The van der Waals surface area contributed by atoms with Gasteiger partial charge in [-0.2, -0.15) is 0 Å². The summed E-state index contributed by atoms with van der Waals surface area (Å²) in [5.74, 6) is 0. The van der Waals surface area contributed by atoms with Gasteiger partial charge in [-0.15, -0.1) is 0 Å². The molecule has 19 heavy (non-hydrogen) atoms. The Morgan fingerprint density at radius 2 is 1.21 bits per heavy atom. The maximum Gasteiger partial charge on any atom is 0.000205 e. The van der Waals surface area contributed by atoms with E-state index in [1.54, 1.807) is 0 Å². The van der Waals surface area contributed by atoms with Gasteiger partial charge >= 0.3 is 0 Å². The molecule has 0 saturated carbocycles. The van der Waals surface area contributed by atoms with E-state index in [4.69, 9.17) is 0 Å². The van der Waals surface area contributed by atoms with E-state index in [1.165, 1.54) is 83.6 Å². The molecule has 0 bridgehead atoms. The van der Waals surface area contributed by atoms with Crippen LogP contribution in [-0.2, 0) is 0 Å². The van der Waals surface area contributed by atoms with Crippen molar-refractivity contribution in [2.45, 2.75) is 97.8 Å². The summed E-state index contributed by atoms with van der Waals surface area (Å²) in [5.41, 5.74) is 0.523. The Bertz CT molecular complexity index is 179. The lowest BCUT2D eigenvalue weighted by Gasteiger charge is -2.28. The largest absolute Gasteiger partial charge is 0.319 e. The van der Waals surface area contributed by atoms with Gasteiger partial charge < -0.3 is 5.32 Å². The van der Waals surface area contributed by atoms with Gasteiger partial charge in [0.05, 0.1) is 0 Å². The van der Waals surface area contributed by atoms with E-state index < -0.39 is 0 Å². The molecule has 1 nitrogen and oxygen atoms in total. The predicted octanol–water partition coefficient (Wildman–Crippen LogP) is 5.93. The minimum atomic E-state index is 0.523. The van der Waals surface area contributed by atoms with Crippen LogP contribution in [0.2, 0.25) is 0 Å². The molecule has 0 aromatic heterocycles. The van der Waals surface area contributed by atoms with Gasteiger partial charge in [-0.25, -0.2) is 0 Å². The lowest BCUT2D eigenvalue weighted by Crippen LogP contribution is -2.28.